The second-order valence-corrected chi connectivity index (χ2v) is 6.65. The van der Waals surface area contributed by atoms with Gasteiger partial charge in [0, 0.05) is 42.4 Å². The van der Waals surface area contributed by atoms with Crippen LogP contribution in [-0.4, -0.2) is 23.3 Å². The Bertz CT molecular complexity index is 1050. The standard InChI is InChI=1S/C22H20N4O2/c1-15(27)24-17-6-4-7-18(13-17)25-22(28)20-14-19(9-11-23-20)26-12-10-16-5-2-3-8-21(16)26/h2-9,11,13-14H,10,12H2,1H3,(H,24,27)(H,25,28). The lowest BCUT2D eigenvalue weighted by Crippen LogP contribution is -2.17. The number of anilines is 4. The first-order valence-corrected chi connectivity index (χ1v) is 9.11. The van der Waals surface area contributed by atoms with Gasteiger partial charge in [0.2, 0.25) is 5.91 Å². The second-order valence-electron chi connectivity index (χ2n) is 6.65. The van der Waals surface area contributed by atoms with Gasteiger partial charge in [0.1, 0.15) is 5.69 Å². The van der Waals surface area contributed by atoms with E-state index in [1.165, 1.54) is 18.2 Å². The van der Waals surface area contributed by atoms with Gasteiger partial charge in [-0.05, 0) is 48.4 Å². The Morgan fingerprint density at radius 2 is 1.75 bits per heavy atom. The number of pyridine rings is 1. The van der Waals surface area contributed by atoms with E-state index in [4.69, 9.17) is 0 Å². The summed E-state index contributed by atoms with van der Waals surface area (Å²) in [5, 5.41) is 5.54. The molecule has 6 heteroatoms. The minimum atomic E-state index is -0.297. The first kappa shape index (κ1) is 17.7. The number of nitrogens with one attached hydrogen (secondary N) is 2. The number of para-hydroxylation sites is 1. The van der Waals surface area contributed by atoms with Crippen LogP contribution in [0.5, 0.6) is 0 Å². The zero-order valence-corrected chi connectivity index (χ0v) is 15.5. The molecule has 0 spiro atoms. The number of aromatic nitrogens is 1. The van der Waals surface area contributed by atoms with Crippen molar-refractivity contribution in [1.82, 2.24) is 4.98 Å². The van der Waals surface area contributed by atoms with Gasteiger partial charge in [0.05, 0.1) is 0 Å². The highest BCUT2D eigenvalue weighted by atomic mass is 16.2. The molecule has 140 valence electrons. The Morgan fingerprint density at radius 3 is 2.57 bits per heavy atom. The molecular formula is C22H20N4O2. The minimum Gasteiger partial charge on any atom is -0.341 e. The van der Waals surface area contributed by atoms with Crippen molar-refractivity contribution in [1.29, 1.82) is 0 Å². The molecule has 0 atom stereocenters. The van der Waals surface area contributed by atoms with Crippen molar-refractivity contribution < 1.29 is 9.59 Å². The second kappa shape index (κ2) is 7.52. The number of carbonyl (C=O) groups excluding carboxylic acids is 2. The number of hydrogen-bond acceptors (Lipinski definition) is 4. The van der Waals surface area contributed by atoms with Crippen molar-refractivity contribution in [2.45, 2.75) is 13.3 Å². The molecule has 2 aromatic carbocycles. The summed E-state index contributed by atoms with van der Waals surface area (Å²) in [6.45, 7) is 2.32. The van der Waals surface area contributed by atoms with Crippen molar-refractivity contribution in [3.8, 4) is 0 Å². The molecule has 1 aliphatic heterocycles. The van der Waals surface area contributed by atoms with Crippen LogP contribution in [0.3, 0.4) is 0 Å². The third-order valence-corrected chi connectivity index (χ3v) is 4.62. The van der Waals surface area contributed by atoms with Crippen molar-refractivity contribution in [3.63, 3.8) is 0 Å². The topological polar surface area (TPSA) is 74.3 Å². The van der Waals surface area contributed by atoms with E-state index in [1.807, 2.05) is 18.2 Å². The minimum absolute atomic E-state index is 0.163. The summed E-state index contributed by atoms with van der Waals surface area (Å²) in [7, 11) is 0. The maximum atomic E-state index is 12.7. The van der Waals surface area contributed by atoms with E-state index in [0.717, 1.165) is 18.7 Å². The number of rotatable bonds is 4. The number of nitrogens with zero attached hydrogens (tertiary/aromatic N) is 2. The average molecular weight is 372 g/mol. The van der Waals surface area contributed by atoms with Gasteiger partial charge < -0.3 is 15.5 Å². The smallest absolute Gasteiger partial charge is 0.274 e. The van der Waals surface area contributed by atoms with Gasteiger partial charge in [-0.2, -0.15) is 0 Å². The molecule has 0 bridgehead atoms. The summed E-state index contributed by atoms with van der Waals surface area (Å²) in [6, 6.07) is 19.0. The van der Waals surface area contributed by atoms with E-state index in [2.05, 4.69) is 32.7 Å². The molecule has 1 aliphatic rings. The Kier molecular flexibility index (Phi) is 4.76. The molecule has 0 fully saturated rings. The highest BCUT2D eigenvalue weighted by Gasteiger charge is 2.21. The van der Waals surface area contributed by atoms with Gasteiger partial charge >= 0.3 is 0 Å². The predicted octanol–water partition coefficient (Wildman–Crippen LogP) is 3.99. The van der Waals surface area contributed by atoms with Gasteiger partial charge in [0.15, 0.2) is 0 Å². The van der Waals surface area contributed by atoms with Crippen LogP contribution in [0.1, 0.15) is 23.0 Å². The fourth-order valence-corrected chi connectivity index (χ4v) is 3.39. The lowest BCUT2D eigenvalue weighted by atomic mass is 10.2. The van der Waals surface area contributed by atoms with Gasteiger partial charge in [-0.25, -0.2) is 0 Å². The highest BCUT2D eigenvalue weighted by molar-refractivity contribution is 6.04. The molecular weight excluding hydrogens is 352 g/mol. The zero-order chi connectivity index (χ0) is 19.5. The van der Waals surface area contributed by atoms with Gasteiger partial charge in [-0.1, -0.05) is 24.3 Å². The first-order valence-electron chi connectivity index (χ1n) is 9.11. The molecule has 1 aromatic heterocycles. The molecule has 3 aromatic rings. The summed E-state index contributed by atoms with van der Waals surface area (Å²) < 4.78 is 0. The van der Waals surface area contributed by atoms with Crippen LogP contribution in [0.15, 0.2) is 66.9 Å². The van der Waals surface area contributed by atoms with E-state index in [-0.39, 0.29) is 11.8 Å². The summed E-state index contributed by atoms with van der Waals surface area (Å²) in [6.07, 6.45) is 2.63. The summed E-state index contributed by atoms with van der Waals surface area (Å²) in [5.74, 6) is -0.460. The molecule has 0 saturated heterocycles. The van der Waals surface area contributed by atoms with Gasteiger partial charge in [-0.3, -0.25) is 14.6 Å². The van der Waals surface area contributed by atoms with Crippen LogP contribution in [0.2, 0.25) is 0 Å². The van der Waals surface area contributed by atoms with Crippen molar-refractivity contribution in [2.24, 2.45) is 0 Å². The number of benzene rings is 2. The fourth-order valence-electron chi connectivity index (χ4n) is 3.39. The van der Waals surface area contributed by atoms with Crippen LogP contribution >= 0.6 is 0 Å². The number of fused-ring (bicyclic) bond motifs is 1. The van der Waals surface area contributed by atoms with E-state index in [1.54, 1.807) is 36.5 Å². The Hall–Kier alpha value is -3.67. The first-order chi connectivity index (χ1) is 13.6. The summed E-state index contributed by atoms with van der Waals surface area (Å²) >= 11 is 0. The predicted molar refractivity (Wildman–Crippen MR) is 110 cm³/mol. The highest BCUT2D eigenvalue weighted by Crippen LogP contribution is 2.34. The van der Waals surface area contributed by atoms with Crippen LogP contribution in [0.4, 0.5) is 22.7 Å². The molecule has 0 unspecified atom stereocenters. The van der Waals surface area contributed by atoms with Crippen molar-refractivity contribution >= 4 is 34.6 Å². The molecule has 2 amide bonds. The summed E-state index contributed by atoms with van der Waals surface area (Å²) in [4.78, 5) is 30.3. The number of carbonyl (C=O) groups is 2. The number of amides is 2. The largest absolute Gasteiger partial charge is 0.341 e. The molecule has 28 heavy (non-hydrogen) atoms. The lowest BCUT2D eigenvalue weighted by Gasteiger charge is -2.20. The molecule has 6 nitrogen and oxygen atoms in total. The van der Waals surface area contributed by atoms with Crippen LogP contribution in [0, 0.1) is 0 Å². The third-order valence-electron chi connectivity index (χ3n) is 4.62. The van der Waals surface area contributed by atoms with Crippen LogP contribution in [-0.2, 0) is 11.2 Å². The molecule has 0 radical (unpaired) electrons. The molecule has 2 N–H and O–H groups in total. The number of hydrogen-bond donors (Lipinski definition) is 2. The quantitative estimate of drug-likeness (QED) is 0.726. The van der Waals surface area contributed by atoms with E-state index in [9.17, 15) is 9.59 Å². The van der Waals surface area contributed by atoms with E-state index in [0.29, 0.717) is 17.1 Å². The Labute approximate surface area is 163 Å². The third kappa shape index (κ3) is 3.71. The SMILES string of the molecule is CC(=O)Nc1cccc(NC(=O)c2cc(N3CCc4ccccc43)ccn2)c1. The molecule has 0 aliphatic carbocycles. The molecule has 4 rings (SSSR count). The fraction of sp³-hybridized carbons (Fsp3) is 0.136. The Balaban J connectivity index is 1.54. The zero-order valence-electron chi connectivity index (χ0n) is 15.5. The molecule has 0 saturated carbocycles. The molecule has 2 heterocycles. The Morgan fingerprint density at radius 1 is 0.964 bits per heavy atom. The van der Waals surface area contributed by atoms with Crippen molar-refractivity contribution in [3.05, 3.63) is 78.1 Å². The van der Waals surface area contributed by atoms with Crippen LogP contribution in [0.25, 0.3) is 0 Å². The maximum Gasteiger partial charge on any atom is 0.274 e. The van der Waals surface area contributed by atoms with Gasteiger partial charge in [0.25, 0.3) is 5.91 Å². The van der Waals surface area contributed by atoms with Crippen molar-refractivity contribution in [2.75, 3.05) is 22.1 Å². The normalized spacial score (nSPS) is 12.4. The van der Waals surface area contributed by atoms with E-state index < -0.39 is 0 Å². The lowest BCUT2D eigenvalue weighted by molar-refractivity contribution is -0.114. The van der Waals surface area contributed by atoms with Crippen LogP contribution < -0.4 is 15.5 Å². The van der Waals surface area contributed by atoms with E-state index >= 15 is 0 Å². The monoisotopic (exact) mass is 372 g/mol. The van der Waals surface area contributed by atoms with Gasteiger partial charge in [-0.15, -0.1) is 0 Å². The maximum absolute atomic E-state index is 12.7. The summed E-state index contributed by atoms with van der Waals surface area (Å²) in [5.41, 5.74) is 4.97. The average Bonchev–Trinajstić information content (AvgIpc) is 3.12.